The maximum Gasteiger partial charge on any atom is 0.231 e. The van der Waals surface area contributed by atoms with Crippen molar-refractivity contribution >= 4 is 17.3 Å². The molecule has 2 aromatic rings. The molecule has 0 radical (unpaired) electrons. The van der Waals surface area contributed by atoms with E-state index in [1.54, 1.807) is 6.20 Å². The molecular formula is C20H23N3O. The minimum absolute atomic E-state index is 0.0908. The van der Waals surface area contributed by atoms with Crippen LogP contribution in [-0.4, -0.2) is 30.5 Å². The monoisotopic (exact) mass is 321 g/mol. The number of carbonyl (C=O) groups excluding carboxylic acids is 1. The zero-order chi connectivity index (χ0) is 16.7. The molecule has 1 amide bonds. The van der Waals surface area contributed by atoms with Crippen molar-refractivity contribution in [1.82, 2.24) is 4.98 Å². The fourth-order valence-corrected chi connectivity index (χ4v) is 3.80. The maximum absolute atomic E-state index is 13.3. The van der Waals surface area contributed by atoms with Crippen LogP contribution in [0.1, 0.15) is 31.2 Å². The molecule has 4 nitrogen and oxygen atoms in total. The van der Waals surface area contributed by atoms with Crippen LogP contribution in [0.15, 0.2) is 48.8 Å². The van der Waals surface area contributed by atoms with Gasteiger partial charge in [0.2, 0.25) is 5.91 Å². The Balaban J connectivity index is 1.63. The highest BCUT2D eigenvalue weighted by molar-refractivity contribution is 6.01. The van der Waals surface area contributed by atoms with E-state index in [4.69, 9.17) is 0 Å². The summed E-state index contributed by atoms with van der Waals surface area (Å²) in [5.41, 5.74) is 3.38. The van der Waals surface area contributed by atoms with Crippen molar-refractivity contribution in [3.8, 4) is 0 Å². The molecule has 0 spiro atoms. The van der Waals surface area contributed by atoms with Gasteiger partial charge < -0.3 is 9.80 Å². The van der Waals surface area contributed by atoms with Crippen LogP contribution >= 0.6 is 0 Å². The molecule has 0 bridgehead atoms. The number of para-hydroxylation sites is 2. The molecule has 4 rings (SSSR count). The molecule has 0 N–H and O–H groups in total. The van der Waals surface area contributed by atoms with Gasteiger partial charge in [0.25, 0.3) is 0 Å². The molecule has 0 saturated heterocycles. The third kappa shape index (κ3) is 2.56. The Morgan fingerprint density at radius 2 is 1.96 bits per heavy atom. The lowest BCUT2D eigenvalue weighted by molar-refractivity contribution is -0.120. The molecule has 1 fully saturated rings. The van der Waals surface area contributed by atoms with E-state index in [0.717, 1.165) is 30.8 Å². The first-order valence-corrected chi connectivity index (χ1v) is 8.70. The van der Waals surface area contributed by atoms with E-state index in [0.29, 0.717) is 5.92 Å². The third-order valence-electron chi connectivity index (χ3n) is 5.33. The summed E-state index contributed by atoms with van der Waals surface area (Å²) in [5.74, 6) is 0.679. The molecule has 1 aliphatic carbocycles. The fraction of sp³-hybridized carbons (Fsp3) is 0.400. The zero-order valence-electron chi connectivity index (χ0n) is 14.2. The molecule has 2 heterocycles. The van der Waals surface area contributed by atoms with Gasteiger partial charge in [-0.15, -0.1) is 0 Å². The van der Waals surface area contributed by atoms with Gasteiger partial charge in [0.15, 0.2) is 0 Å². The van der Waals surface area contributed by atoms with Gasteiger partial charge in [0, 0.05) is 37.9 Å². The number of nitrogens with zero attached hydrogens (tertiary/aromatic N) is 3. The second kappa shape index (κ2) is 5.93. The smallest absolute Gasteiger partial charge is 0.231 e. The van der Waals surface area contributed by atoms with Crippen molar-refractivity contribution in [2.75, 3.05) is 23.4 Å². The van der Waals surface area contributed by atoms with Gasteiger partial charge in [-0.1, -0.05) is 18.2 Å². The molecule has 1 aliphatic heterocycles. The number of anilines is 2. The van der Waals surface area contributed by atoms with Crippen LogP contribution in [0.4, 0.5) is 11.4 Å². The summed E-state index contributed by atoms with van der Waals surface area (Å²) in [5, 5.41) is 0. The molecule has 124 valence electrons. The molecule has 4 heteroatoms. The second-order valence-corrected chi connectivity index (χ2v) is 6.99. The number of hydrogen-bond donors (Lipinski definition) is 0. The summed E-state index contributed by atoms with van der Waals surface area (Å²) in [7, 11) is 2.11. The molecule has 24 heavy (non-hydrogen) atoms. The highest BCUT2D eigenvalue weighted by Gasteiger charge is 2.47. The number of benzene rings is 1. The average Bonchev–Trinajstić information content (AvgIpc) is 3.42. The van der Waals surface area contributed by atoms with Crippen molar-refractivity contribution in [1.29, 1.82) is 0 Å². The predicted molar refractivity (Wildman–Crippen MR) is 96.4 cm³/mol. The Hall–Kier alpha value is -2.36. The van der Waals surface area contributed by atoms with Crippen LogP contribution in [0.3, 0.4) is 0 Å². The Bertz CT molecular complexity index is 746. The number of carbonyl (C=O) groups is 1. The van der Waals surface area contributed by atoms with Crippen molar-refractivity contribution in [2.45, 2.75) is 31.7 Å². The SMILES string of the molecule is C[C@@H]1CCN(C)c2ccccc2N1C(=O)[C@H]1C[C@@H]1c1cccnc1. The highest BCUT2D eigenvalue weighted by atomic mass is 16.2. The fourth-order valence-electron chi connectivity index (χ4n) is 3.80. The Kier molecular flexibility index (Phi) is 3.75. The standard InChI is InChI=1S/C20H23N3O/c1-14-9-11-22(2)18-7-3-4-8-19(18)23(14)20(24)17-12-16(17)15-6-5-10-21-13-15/h3-8,10,13-14,16-17H,9,11-12H2,1-2H3/t14-,16-,17+/m1/s1. The van der Waals surface area contributed by atoms with E-state index in [9.17, 15) is 4.79 Å². The summed E-state index contributed by atoms with van der Waals surface area (Å²) in [6.07, 6.45) is 5.60. The number of aromatic nitrogens is 1. The zero-order valence-corrected chi connectivity index (χ0v) is 14.2. The largest absolute Gasteiger partial charge is 0.373 e. The Labute approximate surface area is 143 Å². The highest BCUT2D eigenvalue weighted by Crippen LogP contribution is 2.49. The predicted octanol–water partition coefficient (Wildman–Crippen LogP) is 3.45. The van der Waals surface area contributed by atoms with Gasteiger partial charge in [-0.05, 0) is 49.4 Å². The molecule has 1 aromatic heterocycles. The van der Waals surface area contributed by atoms with Crippen LogP contribution in [-0.2, 0) is 4.79 Å². The molecule has 3 atom stereocenters. The van der Waals surface area contributed by atoms with E-state index in [1.807, 2.05) is 29.3 Å². The molecule has 0 unspecified atom stereocenters. The van der Waals surface area contributed by atoms with Crippen LogP contribution < -0.4 is 9.80 Å². The van der Waals surface area contributed by atoms with E-state index >= 15 is 0 Å². The Morgan fingerprint density at radius 1 is 1.17 bits per heavy atom. The van der Waals surface area contributed by atoms with Crippen molar-refractivity contribution in [3.05, 3.63) is 54.4 Å². The minimum atomic E-state index is 0.0908. The van der Waals surface area contributed by atoms with Gasteiger partial charge in [0.1, 0.15) is 0 Å². The van der Waals surface area contributed by atoms with E-state index in [1.165, 1.54) is 5.56 Å². The summed E-state index contributed by atoms with van der Waals surface area (Å²) < 4.78 is 0. The lowest BCUT2D eigenvalue weighted by Gasteiger charge is -2.29. The van der Waals surface area contributed by atoms with Crippen molar-refractivity contribution < 1.29 is 4.79 Å². The van der Waals surface area contributed by atoms with Crippen LogP contribution in [0.2, 0.25) is 0 Å². The van der Waals surface area contributed by atoms with Crippen LogP contribution in [0.25, 0.3) is 0 Å². The topological polar surface area (TPSA) is 36.4 Å². The minimum Gasteiger partial charge on any atom is -0.373 e. The van der Waals surface area contributed by atoms with E-state index in [-0.39, 0.29) is 17.9 Å². The van der Waals surface area contributed by atoms with Crippen molar-refractivity contribution in [3.63, 3.8) is 0 Å². The lowest BCUT2D eigenvalue weighted by Crippen LogP contribution is -2.39. The molecular weight excluding hydrogens is 298 g/mol. The lowest BCUT2D eigenvalue weighted by atomic mass is 10.1. The number of pyridine rings is 1. The summed E-state index contributed by atoms with van der Waals surface area (Å²) in [6, 6.07) is 12.5. The molecule has 1 aromatic carbocycles. The first-order chi connectivity index (χ1) is 11.7. The van der Waals surface area contributed by atoms with Gasteiger partial charge in [-0.25, -0.2) is 0 Å². The van der Waals surface area contributed by atoms with Gasteiger partial charge >= 0.3 is 0 Å². The van der Waals surface area contributed by atoms with Crippen LogP contribution in [0, 0.1) is 5.92 Å². The second-order valence-electron chi connectivity index (χ2n) is 6.99. The van der Waals surface area contributed by atoms with E-state index in [2.05, 4.69) is 42.1 Å². The van der Waals surface area contributed by atoms with Crippen LogP contribution in [0.5, 0.6) is 0 Å². The number of rotatable bonds is 2. The summed E-state index contributed by atoms with van der Waals surface area (Å²) in [6.45, 7) is 3.13. The number of hydrogen-bond acceptors (Lipinski definition) is 3. The molecule has 1 saturated carbocycles. The van der Waals surface area contributed by atoms with Gasteiger partial charge in [-0.2, -0.15) is 0 Å². The third-order valence-corrected chi connectivity index (χ3v) is 5.33. The Morgan fingerprint density at radius 3 is 2.71 bits per heavy atom. The maximum atomic E-state index is 13.3. The van der Waals surface area contributed by atoms with Crippen molar-refractivity contribution in [2.24, 2.45) is 5.92 Å². The number of fused-ring (bicyclic) bond motifs is 1. The number of amides is 1. The first kappa shape index (κ1) is 15.2. The summed E-state index contributed by atoms with van der Waals surface area (Å²) in [4.78, 5) is 21.8. The quantitative estimate of drug-likeness (QED) is 0.850. The normalized spacial score (nSPS) is 25.8. The summed E-state index contributed by atoms with van der Waals surface area (Å²) >= 11 is 0. The van der Waals surface area contributed by atoms with Gasteiger partial charge in [-0.3, -0.25) is 9.78 Å². The van der Waals surface area contributed by atoms with Gasteiger partial charge in [0.05, 0.1) is 11.4 Å². The average molecular weight is 321 g/mol. The first-order valence-electron chi connectivity index (χ1n) is 8.70. The molecule has 2 aliphatic rings. The van der Waals surface area contributed by atoms with E-state index < -0.39 is 0 Å².